The molecule has 1 spiro atoms. The number of amides is 2. The van der Waals surface area contributed by atoms with Gasteiger partial charge < -0.3 is 15.5 Å². The lowest BCUT2D eigenvalue weighted by Gasteiger charge is -2.40. The Bertz CT molecular complexity index is 1130. The van der Waals surface area contributed by atoms with Crippen LogP contribution in [0.3, 0.4) is 0 Å². The molecular weight excluding hydrogens is 390 g/mol. The predicted octanol–water partition coefficient (Wildman–Crippen LogP) is 2.32. The van der Waals surface area contributed by atoms with Crippen LogP contribution in [0.2, 0.25) is 0 Å². The summed E-state index contributed by atoms with van der Waals surface area (Å²) in [4.78, 5) is 27.4. The summed E-state index contributed by atoms with van der Waals surface area (Å²) in [7, 11) is 1.93. The highest BCUT2D eigenvalue weighted by molar-refractivity contribution is 5.95. The largest absolute Gasteiger partial charge is 0.353 e. The molecule has 0 radical (unpaired) electrons. The van der Waals surface area contributed by atoms with Crippen LogP contribution in [0.5, 0.6) is 0 Å². The van der Waals surface area contributed by atoms with Crippen molar-refractivity contribution in [2.45, 2.75) is 24.8 Å². The molecule has 31 heavy (non-hydrogen) atoms. The number of nitrogens with one attached hydrogen (secondary N) is 2. The number of carbonyl (C=O) groups excluding carboxylic acids is 2. The molecule has 1 aliphatic heterocycles. The molecule has 160 valence electrons. The van der Waals surface area contributed by atoms with Crippen molar-refractivity contribution >= 4 is 22.7 Å². The molecule has 2 aliphatic rings. The number of hydrogen-bond acceptors (Lipinski definition) is 4. The molecule has 0 bridgehead atoms. The van der Waals surface area contributed by atoms with Gasteiger partial charge in [0.25, 0.3) is 5.91 Å². The Morgan fingerprint density at radius 3 is 2.52 bits per heavy atom. The number of nitrogens with zero attached hydrogens (tertiary/aromatic N) is 3. The second-order valence-corrected chi connectivity index (χ2v) is 8.53. The molecule has 7 heteroatoms. The summed E-state index contributed by atoms with van der Waals surface area (Å²) in [5, 5.41) is 11.8. The van der Waals surface area contributed by atoms with Gasteiger partial charge in [0.1, 0.15) is 0 Å². The minimum absolute atomic E-state index is 0.00533. The van der Waals surface area contributed by atoms with E-state index in [4.69, 9.17) is 0 Å². The third-order valence-electron chi connectivity index (χ3n) is 6.66. The van der Waals surface area contributed by atoms with Crippen LogP contribution in [0.4, 0.5) is 0 Å². The van der Waals surface area contributed by atoms with Crippen LogP contribution in [0.25, 0.3) is 22.0 Å². The number of aromatic nitrogens is 2. The van der Waals surface area contributed by atoms with Gasteiger partial charge in [-0.3, -0.25) is 14.3 Å². The van der Waals surface area contributed by atoms with Gasteiger partial charge in [-0.15, -0.1) is 0 Å². The Kier molecular flexibility index (Phi) is 4.98. The van der Waals surface area contributed by atoms with Crippen molar-refractivity contribution in [1.29, 1.82) is 0 Å². The maximum atomic E-state index is 13.1. The van der Waals surface area contributed by atoms with Crippen molar-refractivity contribution in [3.8, 4) is 11.1 Å². The maximum Gasteiger partial charge on any atom is 0.253 e. The molecule has 7 nitrogen and oxygen atoms in total. The van der Waals surface area contributed by atoms with Gasteiger partial charge in [-0.1, -0.05) is 24.3 Å². The fraction of sp³-hybridized carbons (Fsp3) is 0.375. The standard InChI is InChI=1S/C24H27N5O2/c1-28-21-15-19(7-8-20(21)16-27-28)17-3-5-18(6-4-17)22(30)29-13-11-25-23(31)24(9-2-10-24)26-12-14-29/h3-8,15-16,26H,2,9-14H2,1H3,(H,25,31). The highest BCUT2D eigenvalue weighted by Gasteiger charge is 2.43. The summed E-state index contributed by atoms with van der Waals surface area (Å²) in [5.41, 5.74) is 3.47. The minimum Gasteiger partial charge on any atom is -0.353 e. The molecule has 3 aromatic rings. The average Bonchev–Trinajstić information content (AvgIpc) is 3.17. The van der Waals surface area contributed by atoms with E-state index < -0.39 is 5.54 Å². The maximum absolute atomic E-state index is 13.1. The second-order valence-electron chi connectivity index (χ2n) is 8.53. The van der Waals surface area contributed by atoms with E-state index >= 15 is 0 Å². The molecule has 2 heterocycles. The minimum atomic E-state index is -0.421. The van der Waals surface area contributed by atoms with Crippen molar-refractivity contribution in [1.82, 2.24) is 25.3 Å². The molecule has 1 saturated carbocycles. The van der Waals surface area contributed by atoms with E-state index in [9.17, 15) is 9.59 Å². The highest BCUT2D eigenvalue weighted by Crippen LogP contribution is 2.32. The third-order valence-corrected chi connectivity index (χ3v) is 6.66. The number of rotatable bonds is 2. The molecule has 2 N–H and O–H groups in total. The fourth-order valence-electron chi connectivity index (χ4n) is 4.54. The Morgan fingerprint density at radius 2 is 1.77 bits per heavy atom. The van der Waals surface area contributed by atoms with Crippen molar-refractivity contribution in [2.75, 3.05) is 26.2 Å². The fourth-order valence-corrected chi connectivity index (χ4v) is 4.54. The van der Waals surface area contributed by atoms with Crippen LogP contribution >= 0.6 is 0 Å². The number of hydrogen-bond donors (Lipinski definition) is 2. The van der Waals surface area contributed by atoms with Gasteiger partial charge in [-0.2, -0.15) is 5.10 Å². The summed E-state index contributed by atoms with van der Waals surface area (Å²) in [5.74, 6) is 0.0667. The Morgan fingerprint density at radius 1 is 1.03 bits per heavy atom. The van der Waals surface area contributed by atoms with E-state index in [0.29, 0.717) is 31.7 Å². The molecule has 2 amide bonds. The molecule has 2 fully saturated rings. The molecule has 0 unspecified atom stereocenters. The highest BCUT2D eigenvalue weighted by atomic mass is 16.2. The van der Waals surface area contributed by atoms with Crippen molar-refractivity contribution in [2.24, 2.45) is 7.05 Å². The average molecular weight is 418 g/mol. The smallest absolute Gasteiger partial charge is 0.253 e. The number of carbonyl (C=O) groups is 2. The molecule has 2 aromatic carbocycles. The lowest BCUT2D eigenvalue weighted by Crippen LogP contribution is -2.61. The topological polar surface area (TPSA) is 79.3 Å². The van der Waals surface area contributed by atoms with Gasteiger partial charge in [-0.05, 0) is 48.6 Å². The van der Waals surface area contributed by atoms with E-state index in [-0.39, 0.29) is 11.8 Å². The summed E-state index contributed by atoms with van der Waals surface area (Å²) >= 11 is 0. The van der Waals surface area contributed by atoms with Crippen molar-refractivity contribution in [3.05, 3.63) is 54.2 Å². The van der Waals surface area contributed by atoms with Gasteiger partial charge in [0.15, 0.2) is 0 Å². The normalized spacial score (nSPS) is 18.7. The van der Waals surface area contributed by atoms with Crippen molar-refractivity contribution in [3.63, 3.8) is 0 Å². The van der Waals surface area contributed by atoms with Gasteiger partial charge in [-0.25, -0.2) is 0 Å². The van der Waals surface area contributed by atoms with Crippen molar-refractivity contribution < 1.29 is 9.59 Å². The van der Waals surface area contributed by atoms with Crippen LogP contribution < -0.4 is 10.6 Å². The third kappa shape index (κ3) is 3.59. The van der Waals surface area contributed by atoms with Gasteiger partial charge in [0, 0.05) is 44.2 Å². The molecule has 1 saturated heterocycles. The number of fused-ring (bicyclic) bond motifs is 1. The summed E-state index contributed by atoms with van der Waals surface area (Å²) < 4.78 is 1.86. The lowest BCUT2D eigenvalue weighted by molar-refractivity contribution is -0.130. The summed E-state index contributed by atoms with van der Waals surface area (Å²) in [6.45, 7) is 2.22. The van der Waals surface area contributed by atoms with Crippen LogP contribution in [0, 0.1) is 0 Å². The first-order valence-corrected chi connectivity index (χ1v) is 10.9. The van der Waals surface area contributed by atoms with E-state index in [0.717, 1.165) is 41.3 Å². The molecule has 0 atom stereocenters. The molecule has 5 rings (SSSR count). The summed E-state index contributed by atoms with van der Waals surface area (Å²) in [6, 6.07) is 14.0. The second kappa shape index (κ2) is 7.81. The molecule has 1 aromatic heterocycles. The van der Waals surface area contributed by atoms with Crippen LogP contribution in [0.1, 0.15) is 29.6 Å². The van der Waals surface area contributed by atoms with E-state index in [2.05, 4.69) is 33.9 Å². The quantitative estimate of drug-likeness (QED) is 0.671. The van der Waals surface area contributed by atoms with Gasteiger partial charge >= 0.3 is 0 Å². The SMILES string of the molecule is Cn1ncc2ccc(-c3ccc(C(=O)N4CCNC(=O)C5(CCC5)NCC4)cc3)cc21. The van der Waals surface area contributed by atoms with E-state index in [1.54, 1.807) is 0 Å². The zero-order chi connectivity index (χ0) is 21.4. The Balaban J connectivity index is 1.31. The molecule has 1 aliphatic carbocycles. The first-order chi connectivity index (χ1) is 15.1. The summed E-state index contributed by atoms with van der Waals surface area (Å²) in [6.07, 6.45) is 4.68. The van der Waals surface area contributed by atoms with E-state index in [1.165, 1.54) is 0 Å². The zero-order valence-corrected chi connectivity index (χ0v) is 17.7. The van der Waals surface area contributed by atoms with E-state index in [1.807, 2.05) is 47.1 Å². The Hall–Kier alpha value is -3.19. The van der Waals surface area contributed by atoms with Gasteiger partial charge in [0.05, 0.1) is 17.3 Å². The number of aryl methyl sites for hydroxylation is 1. The number of benzene rings is 2. The van der Waals surface area contributed by atoms with Crippen LogP contribution in [0.15, 0.2) is 48.7 Å². The van der Waals surface area contributed by atoms with Crippen LogP contribution in [-0.2, 0) is 11.8 Å². The first-order valence-electron chi connectivity index (χ1n) is 10.9. The lowest BCUT2D eigenvalue weighted by atomic mass is 9.76. The monoisotopic (exact) mass is 417 g/mol. The van der Waals surface area contributed by atoms with Gasteiger partial charge in [0.2, 0.25) is 5.91 Å². The zero-order valence-electron chi connectivity index (χ0n) is 17.7. The predicted molar refractivity (Wildman–Crippen MR) is 120 cm³/mol. The Labute approximate surface area is 181 Å². The van der Waals surface area contributed by atoms with Crippen LogP contribution in [-0.4, -0.2) is 58.2 Å². The first kappa shape index (κ1) is 19.8. The molecular formula is C24H27N5O2.